The average Bonchev–Trinajstić information content (AvgIpc) is 2.88. The van der Waals surface area contributed by atoms with E-state index in [1.807, 2.05) is 24.3 Å². The van der Waals surface area contributed by atoms with E-state index in [1.165, 1.54) is 6.39 Å². The highest BCUT2D eigenvalue weighted by atomic mass is 16.4. The lowest BCUT2D eigenvalue weighted by Crippen LogP contribution is -2.38. The number of rotatable bonds is 5. The molecule has 0 saturated heterocycles. The lowest BCUT2D eigenvalue weighted by molar-refractivity contribution is 0.435. The summed E-state index contributed by atoms with van der Waals surface area (Å²) in [6, 6.07) is 7.95. The summed E-state index contributed by atoms with van der Waals surface area (Å²) in [5, 5.41) is 14.4. The molecule has 2 rings (SSSR count). The number of nitrogens with one attached hydrogen (secondary N) is 2. The van der Waals surface area contributed by atoms with Crippen molar-refractivity contribution in [2.75, 3.05) is 18.4 Å². The molecule has 19 heavy (non-hydrogen) atoms. The normalized spacial score (nSPS) is 11.5. The molecule has 0 saturated carbocycles. The van der Waals surface area contributed by atoms with E-state index in [2.05, 4.69) is 41.6 Å². The van der Waals surface area contributed by atoms with E-state index in [0.717, 1.165) is 24.3 Å². The van der Waals surface area contributed by atoms with Crippen LogP contribution in [0, 0.1) is 0 Å². The van der Waals surface area contributed by atoms with Crippen LogP contribution in [0.3, 0.4) is 0 Å². The molecular weight excluding hydrogens is 240 g/mol. The zero-order valence-corrected chi connectivity index (χ0v) is 11.6. The van der Waals surface area contributed by atoms with Gasteiger partial charge in [0.1, 0.15) is 0 Å². The topological polar surface area (TPSA) is 63.0 Å². The molecule has 0 spiro atoms. The van der Waals surface area contributed by atoms with E-state index < -0.39 is 0 Å². The fraction of sp³-hybridized carbons (Fsp3) is 0.429. The minimum atomic E-state index is 0.146. The SMILES string of the molecule is CC(C)(C)NCCNc1cccc(-c2nnco2)c1. The molecule has 5 nitrogen and oxygen atoms in total. The average molecular weight is 260 g/mol. The zero-order chi connectivity index (χ0) is 13.7. The third-order valence-electron chi connectivity index (χ3n) is 2.58. The number of aromatic nitrogens is 2. The van der Waals surface area contributed by atoms with Gasteiger partial charge in [0.15, 0.2) is 0 Å². The monoisotopic (exact) mass is 260 g/mol. The van der Waals surface area contributed by atoms with Crippen molar-refractivity contribution in [3.05, 3.63) is 30.7 Å². The minimum absolute atomic E-state index is 0.146. The number of nitrogens with zero attached hydrogens (tertiary/aromatic N) is 2. The molecule has 5 heteroatoms. The Morgan fingerprint density at radius 1 is 1.21 bits per heavy atom. The first-order valence-electron chi connectivity index (χ1n) is 6.40. The summed E-state index contributed by atoms with van der Waals surface area (Å²) in [4.78, 5) is 0. The van der Waals surface area contributed by atoms with Gasteiger partial charge in [-0.05, 0) is 39.0 Å². The highest BCUT2D eigenvalue weighted by molar-refractivity contribution is 5.60. The van der Waals surface area contributed by atoms with Crippen LogP contribution < -0.4 is 10.6 Å². The van der Waals surface area contributed by atoms with Crippen LogP contribution in [0.5, 0.6) is 0 Å². The Labute approximate surface area is 113 Å². The van der Waals surface area contributed by atoms with Gasteiger partial charge in [-0.25, -0.2) is 0 Å². The molecule has 1 aromatic carbocycles. The third kappa shape index (κ3) is 4.37. The summed E-state index contributed by atoms with van der Waals surface area (Å²) in [6.45, 7) is 8.24. The Kier molecular flexibility index (Phi) is 4.16. The summed E-state index contributed by atoms with van der Waals surface area (Å²) >= 11 is 0. The molecular formula is C14H20N4O. The molecule has 0 aliphatic rings. The Balaban J connectivity index is 1.89. The summed E-state index contributed by atoms with van der Waals surface area (Å²) in [5.41, 5.74) is 2.12. The second-order valence-corrected chi connectivity index (χ2v) is 5.43. The summed E-state index contributed by atoms with van der Waals surface area (Å²) < 4.78 is 5.18. The Hall–Kier alpha value is -1.88. The van der Waals surface area contributed by atoms with Gasteiger partial charge in [-0.2, -0.15) is 0 Å². The van der Waals surface area contributed by atoms with Crippen LogP contribution in [-0.2, 0) is 0 Å². The van der Waals surface area contributed by atoms with Crippen LogP contribution in [0.2, 0.25) is 0 Å². The predicted octanol–water partition coefficient (Wildman–Crippen LogP) is 2.54. The van der Waals surface area contributed by atoms with E-state index in [4.69, 9.17) is 4.42 Å². The second kappa shape index (κ2) is 5.84. The van der Waals surface area contributed by atoms with Crippen molar-refractivity contribution >= 4 is 5.69 Å². The second-order valence-electron chi connectivity index (χ2n) is 5.43. The highest BCUT2D eigenvalue weighted by Gasteiger charge is 2.07. The van der Waals surface area contributed by atoms with Crippen LogP contribution in [0.4, 0.5) is 5.69 Å². The molecule has 0 radical (unpaired) electrons. The minimum Gasteiger partial charge on any atom is -0.423 e. The highest BCUT2D eigenvalue weighted by Crippen LogP contribution is 2.19. The van der Waals surface area contributed by atoms with Crippen LogP contribution in [0.15, 0.2) is 35.1 Å². The maximum atomic E-state index is 5.18. The zero-order valence-electron chi connectivity index (χ0n) is 11.6. The molecule has 0 bridgehead atoms. The maximum absolute atomic E-state index is 5.18. The van der Waals surface area contributed by atoms with Gasteiger partial charge in [-0.3, -0.25) is 0 Å². The standard InChI is InChI=1S/C14H20N4O/c1-14(2,3)16-8-7-15-12-6-4-5-11(9-12)13-18-17-10-19-13/h4-6,9-10,15-16H,7-8H2,1-3H3. The van der Waals surface area contributed by atoms with E-state index in [-0.39, 0.29) is 5.54 Å². The Bertz CT molecular complexity index is 502. The molecule has 0 aliphatic carbocycles. The van der Waals surface area contributed by atoms with E-state index >= 15 is 0 Å². The van der Waals surface area contributed by atoms with Crippen molar-refractivity contribution < 1.29 is 4.42 Å². The largest absolute Gasteiger partial charge is 0.423 e. The summed E-state index contributed by atoms with van der Waals surface area (Å²) in [6.07, 6.45) is 1.34. The van der Waals surface area contributed by atoms with Crippen molar-refractivity contribution in [2.45, 2.75) is 26.3 Å². The summed E-state index contributed by atoms with van der Waals surface area (Å²) in [5.74, 6) is 0.538. The van der Waals surface area contributed by atoms with Gasteiger partial charge >= 0.3 is 0 Å². The molecule has 102 valence electrons. The lowest BCUT2D eigenvalue weighted by Gasteiger charge is -2.20. The molecule has 1 heterocycles. The van der Waals surface area contributed by atoms with Gasteiger partial charge in [0.05, 0.1) is 0 Å². The first-order valence-corrected chi connectivity index (χ1v) is 6.40. The first kappa shape index (κ1) is 13.5. The predicted molar refractivity (Wildman–Crippen MR) is 76.0 cm³/mol. The number of benzene rings is 1. The molecule has 1 aromatic heterocycles. The van der Waals surface area contributed by atoms with Crippen molar-refractivity contribution in [3.63, 3.8) is 0 Å². The van der Waals surface area contributed by atoms with Crippen LogP contribution in [0.1, 0.15) is 20.8 Å². The van der Waals surface area contributed by atoms with Gasteiger partial charge in [0, 0.05) is 29.9 Å². The lowest BCUT2D eigenvalue weighted by atomic mass is 10.1. The van der Waals surface area contributed by atoms with Crippen molar-refractivity contribution in [3.8, 4) is 11.5 Å². The van der Waals surface area contributed by atoms with Crippen molar-refractivity contribution in [1.29, 1.82) is 0 Å². The molecule has 2 aromatic rings. The van der Waals surface area contributed by atoms with Gasteiger partial charge in [0.2, 0.25) is 12.3 Å². The van der Waals surface area contributed by atoms with Crippen molar-refractivity contribution in [1.82, 2.24) is 15.5 Å². The number of hydrogen-bond donors (Lipinski definition) is 2. The van der Waals surface area contributed by atoms with Gasteiger partial charge in [-0.15, -0.1) is 10.2 Å². The van der Waals surface area contributed by atoms with Crippen LogP contribution >= 0.6 is 0 Å². The summed E-state index contributed by atoms with van der Waals surface area (Å²) in [7, 11) is 0. The molecule has 0 atom stereocenters. The number of hydrogen-bond acceptors (Lipinski definition) is 5. The molecule has 0 amide bonds. The fourth-order valence-corrected chi connectivity index (χ4v) is 1.71. The fourth-order valence-electron chi connectivity index (χ4n) is 1.71. The van der Waals surface area contributed by atoms with E-state index in [9.17, 15) is 0 Å². The Morgan fingerprint density at radius 2 is 2.05 bits per heavy atom. The third-order valence-corrected chi connectivity index (χ3v) is 2.58. The van der Waals surface area contributed by atoms with Crippen molar-refractivity contribution in [2.24, 2.45) is 0 Å². The molecule has 0 aliphatic heterocycles. The Morgan fingerprint density at radius 3 is 2.74 bits per heavy atom. The van der Waals surface area contributed by atoms with Crippen LogP contribution in [-0.4, -0.2) is 28.8 Å². The molecule has 0 fully saturated rings. The van der Waals surface area contributed by atoms with Gasteiger partial charge in [-0.1, -0.05) is 6.07 Å². The first-order chi connectivity index (χ1) is 9.04. The maximum Gasteiger partial charge on any atom is 0.247 e. The van der Waals surface area contributed by atoms with Crippen LogP contribution in [0.25, 0.3) is 11.5 Å². The molecule has 0 unspecified atom stereocenters. The quantitative estimate of drug-likeness (QED) is 0.809. The number of anilines is 1. The van der Waals surface area contributed by atoms with Gasteiger partial charge < -0.3 is 15.1 Å². The smallest absolute Gasteiger partial charge is 0.247 e. The molecule has 2 N–H and O–H groups in total. The van der Waals surface area contributed by atoms with E-state index in [0.29, 0.717) is 5.89 Å². The van der Waals surface area contributed by atoms with Gasteiger partial charge in [0.25, 0.3) is 0 Å². The van der Waals surface area contributed by atoms with E-state index in [1.54, 1.807) is 0 Å².